The number of hydrogen-bond donors (Lipinski definition) is 1. The van der Waals surface area contributed by atoms with Gasteiger partial charge in [0.25, 0.3) is 0 Å². The normalized spacial score (nSPS) is 16.1. The zero-order valence-electron chi connectivity index (χ0n) is 17.6. The fourth-order valence-corrected chi connectivity index (χ4v) is 3.97. The van der Waals surface area contributed by atoms with Crippen LogP contribution in [0.1, 0.15) is 34.0 Å². The highest BCUT2D eigenvalue weighted by atomic mass is 19.1. The van der Waals surface area contributed by atoms with E-state index < -0.39 is 5.67 Å². The Hall–Kier alpha value is -2.80. The van der Waals surface area contributed by atoms with Crippen molar-refractivity contribution in [3.05, 3.63) is 42.5 Å². The van der Waals surface area contributed by atoms with E-state index in [1.54, 1.807) is 26.2 Å². The zero-order chi connectivity index (χ0) is 21.3. The number of alkyl halides is 1. The van der Waals surface area contributed by atoms with Crippen LogP contribution in [0.3, 0.4) is 0 Å². The lowest BCUT2D eigenvalue weighted by molar-refractivity contribution is -0.121. The molecule has 1 amide bonds. The first kappa shape index (κ1) is 20.5. The molecule has 0 unspecified atom stereocenters. The third kappa shape index (κ3) is 4.84. The van der Waals surface area contributed by atoms with E-state index in [1.807, 2.05) is 31.2 Å². The molecule has 7 heteroatoms. The van der Waals surface area contributed by atoms with Crippen LogP contribution in [0.5, 0.6) is 0 Å². The molecule has 3 heterocycles. The van der Waals surface area contributed by atoms with Gasteiger partial charge in [0, 0.05) is 38.0 Å². The number of benzene rings is 1. The summed E-state index contributed by atoms with van der Waals surface area (Å²) in [5.41, 5.74) is -0.289. The Balaban J connectivity index is 0.00000272. The second-order valence-corrected chi connectivity index (χ2v) is 8.63. The lowest BCUT2D eigenvalue weighted by Crippen LogP contribution is -2.43. The van der Waals surface area contributed by atoms with Gasteiger partial charge >= 0.3 is 0 Å². The predicted molar refractivity (Wildman–Crippen MR) is 117 cm³/mol. The lowest BCUT2D eigenvalue weighted by atomic mass is 9.95. The average Bonchev–Trinajstić information content (AvgIpc) is 3.13. The summed E-state index contributed by atoms with van der Waals surface area (Å²) in [6, 6.07) is 7.82. The van der Waals surface area contributed by atoms with Gasteiger partial charge in [0.1, 0.15) is 11.5 Å². The number of aromatic nitrogens is 2. The van der Waals surface area contributed by atoms with Crippen molar-refractivity contribution < 1.29 is 15.0 Å². The smallest absolute Gasteiger partial charge is 0.228 e. The van der Waals surface area contributed by atoms with Gasteiger partial charge in [-0.05, 0) is 57.3 Å². The van der Waals surface area contributed by atoms with Crippen molar-refractivity contribution in [2.75, 3.05) is 25.0 Å². The maximum absolute atomic E-state index is 13.8. The van der Waals surface area contributed by atoms with Crippen LogP contribution in [0.2, 0.25) is 0 Å². The minimum absolute atomic E-state index is 0. The van der Waals surface area contributed by atoms with Gasteiger partial charge in [0.15, 0.2) is 11.7 Å². The summed E-state index contributed by atoms with van der Waals surface area (Å²) in [6.45, 7) is 6.86. The minimum Gasteiger partial charge on any atom is -0.441 e. The van der Waals surface area contributed by atoms with Crippen LogP contribution in [-0.2, 0) is 4.79 Å². The molecule has 1 fully saturated rings. The molecule has 4 rings (SSSR count). The van der Waals surface area contributed by atoms with E-state index in [0.717, 1.165) is 42.3 Å². The van der Waals surface area contributed by atoms with Crippen molar-refractivity contribution >= 4 is 22.5 Å². The second kappa shape index (κ2) is 8.14. The molecular formula is C23H29FN4O2. The molecule has 1 aliphatic heterocycles. The van der Waals surface area contributed by atoms with Gasteiger partial charge in [-0.1, -0.05) is 12.1 Å². The molecule has 0 saturated carbocycles. The summed E-state index contributed by atoms with van der Waals surface area (Å²) in [7, 11) is 0. The Morgan fingerprint density at radius 2 is 2.00 bits per heavy atom. The molecule has 0 radical (unpaired) electrons. The number of amides is 1. The highest BCUT2D eigenvalue weighted by molar-refractivity contribution is 5.95. The molecule has 30 heavy (non-hydrogen) atoms. The van der Waals surface area contributed by atoms with E-state index in [9.17, 15) is 9.18 Å². The molecule has 3 aromatic rings. The maximum Gasteiger partial charge on any atom is 0.228 e. The first-order valence-electron chi connectivity index (χ1n) is 10.3. The number of hydrogen-bond acceptors (Lipinski definition) is 5. The Morgan fingerprint density at radius 3 is 2.67 bits per heavy atom. The number of carbonyl (C=O) groups excluding carboxylic acids is 1. The average molecular weight is 413 g/mol. The van der Waals surface area contributed by atoms with Gasteiger partial charge < -0.3 is 14.6 Å². The number of nitrogens with zero attached hydrogens (tertiary/aromatic N) is 3. The van der Waals surface area contributed by atoms with Gasteiger partial charge in [0.05, 0.1) is 6.20 Å². The lowest BCUT2D eigenvalue weighted by Gasteiger charge is -2.33. The number of carbonyl (C=O) groups is 1. The van der Waals surface area contributed by atoms with E-state index in [4.69, 9.17) is 4.42 Å². The number of likely N-dealkylation sites (tertiary alicyclic amines) is 1. The zero-order valence-corrected chi connectivity index (χ0v) is 17.6. The first-order chi connectivity index (χ1) is 14.3. The van der Waals surface area contributed by atoms with Crippen molar-refractivity contribution in [2.45, 2.75) is 39.3 Å². The Kier molecular flexibility index (Phi) is 5.56. The Bertz CT molecular complexity index is 1060. The molecule has 0 spiro atoms. The molecule has 2 aromatic heterocycles. The summed E-state index contributed by atoms with van der Waals surface area (Å²) in [6.07, 6.45) is 4.91. The van der Waals surface area contributed by atoms with Gasteiger partial charge in [-0.15, -0.1) is 0 Å². The third-order valence-corrected chi connectivity index (χ3v) is 5.44. The number of aryl methyl sites for hydroxylation is 1. The highest BCUT2D eigenvalue weighted by Crippen LogP contribution is 2.27. The first-order valence-corrected chi connectivity index (χ1v) is 10.3. The largest absolute Gasteiger partial charge is 0.441 e. The molecule has 160 valence electrons. The fourth-order valence-electron chi connectivity index (χ4n) is 3.97. The number of fused-ring (bicyclic) bond motifs is 1. The number of pyridine rings is 1. The predicted octanol–water partition coefficient (Wildman–Crippen LogP) is 4.84. The van der Waals surface area contributed by atoms with Gasteiger partial charge in [-0.3, -0.25) is 4.79 Å². The van der Waals surface area contributed by atoms with E-state index in [0.29, 0.717) is 24.0 Å². The van der Waals surface area contributed by atoms with E-state index in [1.165, 1.54) is 0 Å². The number of piperidine rings is 1. The summed E-state index contributed by atoms with van der Waals surface area (Å²) in [4.78, 5) is 23.3. The van der Waals surface area contributed by atoms with Crippen molar-refractivity contribution in [2.24, 2.45) is 5.92 Å². The monoisotopic (exact) mass is 412 g/mol. The molecule has 6 nitrogen and oxygen atoms in total. The van der Waals surface area contributed by atoms with E-state index in [2.05, 4.69) is 20.2 Å². The molecular weight excluding hydrogens is 383 g/mol. The van der Waals surface area contributed by atoms with Crippen molar-refractivity contribution in [3.8, 4) is 11.3 Å². The summed E-state index contributed by atoms with van der Waals surface area (Å²) < 4.78 is 19.5. The van der Waals surface area contributed by atoms with Crippen LogP contribution in [0, 0.1) is 12.8 Å². The SMILES string of the molecule is Cc1ncc(-c2ccc3cnc(NC(=O)C4CCN(CC(C)(C)F)CC4)cc3c2)o1.[HH]. The summed E-state index contributed by atoms with van der Waals surface area (Å²) >= 11 is 0. The fraction of sp³-hybridized carbons (Fsp3) is 0.435. The maximum atomic E-state index is 13.8. The van der Waals surface area contributed by atoms with Crippen molar-refractivity contribution in [1.82, 2.24) is 14.9 Å². The Labute approximate surface area is 177 Å². The van der Waals surface area contributed by atoms with Crippen LogP contribution in [0.15, 0.2) is 41.1 Å². The van der Waals surface area contributed by atoms with Crippen LogP contribution in [0.4, 0.5) is 10.2 Å². The molecule has 1 aromatic carbocycles. The van der Waals surface area contributed by atoms with Gasteiger partial charge in [-0.25, -0.2) is 14.4 Å². The standard InChI is InChI=1S/C23H27FN4O2.H2/c1-15-25-13-20(30-15)17-4-5-18-12-26-21(11-19(18)10-17)27-22(29)16-6-8-28(9-7-16)14-23(2,3)24;/h4-5,10-13,16H,6-9,14H2,1-3H3,(H,26,27,29);1H. The molecule has 0 atom stereocenters. The molecule has 0 aliphatic carbocycles. The molecule has 1 aliphatic rings. The van der Waals surface area contributed by atoms with Crippen LogP contribution >= 0.6 is 0 Å². The summed E-state index contributed by atoms with van der Waals surface area (Å²) in [5, 5.41) is 4.90. The Morgan fingerprint density at radius 1 is 1.23 bits per heavy atom. The van der Waals surface area contributed by atoms with Crippen LogP contribution in [-0.4, -0.2) is 46.1 Å². The van der Waals surface area contributed by atoms with Crippen molar-refractivity contribution in [3.63, 3.8) is 0 Å². The topological polar surface area (TPSA) is 71.3 Å². The molecule has 1 saturated heterocycles. The summed E-state index contributed by atoms with van der Waals surface area (Å²) in [5.74, 6) is 1.76. The second-order valence-electron chi connectivity index (χ2n) is 8.63. The quantitative estimate of drug-likeness (QED) is 0.649. The number of nitrogens with one attached hydrogen (secondary N) is 1. The van der Waals surface area contributed by atoms with Crippen molar-refractivity contribution in [1.29, 1.82) is 0 Å². The minimum atomic E-state index is -1.21. The number of oxazole rings is 1. The third-order valence-electron chi connectivity index (χ3n) is 5.44. The molecule has 1 N–H and O–H groups in total. The van der Waals surface area contributed by atoms with Crippen LogP contribution in [0.25, 0.3) is 22.1 Å². The number of halogens is 1. The van der Waals surface area contributed by atoms with E-state index >= 15 is 0 Å². The van der Waals surface area contributed by atoms with Gasteiger partial charge in [0.2, 0.25) is 5.91 Å². The van der Waals surface area contributed by atoms with Gasteiger partial charge in [-0.2, -0.15) is 0 Å². The number of rotatable bonds is 5. The number of anilines is 1. The molecule has 0 bridgehead atoms. The van der Waals surface area contributed by atoms with Crippen LogP contribution < -0.4 is 5.32 Å². The van der Waals surface area contributed by atoms with E-state index in [-0.39, 0.29) is 13.3 Å². The highest BCUT2D eigenvalue weighted by Gasteiger charge is 2.28.